The highest BCUT2D eigenvalue weighted by atomic mass is 35.5. The molecule has 2 aromatic rings. The minimum Gasteiger partial charge on any atom is -0.332 e. The number of rotatable bonds is 3. The van der Waals surface area contributed by atoms with Crippen LogP contribution in [0.15, 0.2) is 42.5 Å². The van der Waals surface area contributed by atoms with Crippen molar-refractivity contribution in [1.82, 2.24) is 5.32 Å². The van der Waals surface area contributed by atoms with Crippen LogP contribution in [0.2, 0.25) is 10.0 Å². The van der Waals surface area contributed by atoms with E-state index >= 15 is 0 Å². The van der Waals surface area contributed by atoms with Crippen molar-refractivity contribution in [3.63, 3.8) is 0 Å². The first kappa shape index (κ1) is 18.2. The molecule has 0 aromatic heterocycles. The molecule has 24 heavy (non-hydrogen) atoms. The van der Waals surface area contributed by atoms with E-state index in [2.05, 4.69) is 16.0 Å². The number of amides is 2. The SMILES string of the molecule is CC(=O)NC(=S)Nc1cccc(NC(=O)c2ccc(Cl)cc2Cl)c1. The van der Waals surface area contributed by atoms with Crippen molar-refractivity contribution in [1.29, 1.82) is 0 Å². The summed E-state index contributed by atoms with van der Waals surface area (Å²) < 4.78 is 0. The second-order valence-corrected chi connectivity index (χ2v) is 6.05. The van der Waals surface area contributed by atoms with Gasteiger partial charge in [0.2, 0.25) is 5.91 Å². The van der Waals surface area contributed by atoms with Crippen LogP contribution in [0.4, 0.5) is 11.4 Å². The first-order valence-electron chi connectivity index (χ1n) is 6.80. The van der Waals surface area contributed by atoms with E-state index in [4.69, 9.17) is 35.4 Å². The molecule has 3 N–H and O–H groups in total. The van der Waals surface area contributed by atoms with Gasteiger partial charge in [-0.15, -0.1) is 0 Å². The molecular formula is C16H13Cl2N3O2S. The molecule has 0 fully saturated rings. The second-order valence-electron chi connectivity index (χ2n) is 4.79. The molecule has 0 atom stereocenters. The highest BCUT2D eigenvalue weighted by molar-refractivity contribution is 7.80. The van der Waals surface area contributed by atoms with Crippen LogP contribution in [-0.4, -0.2) is 16.9 Å². The molecular weight excluding hydrogens is 369 g/mol. The Balaban J connectivity index is 2.10. The van der Waals surface area contributed by atoms with Gasteiger partial charge < -0.3 is 16.0 Å². The van der Waals surface area contributed by atoms with Crippen molar-refractivity contribution in [2.75, 3.05) is 10.6 Å². The summed E-state index contributed by atoms with van der Waals surface area (Å²) in [6.07, 6.45) is 0. The Labute approximate surface area is 154 Å². The molecule has 0 heterocycles. The molecule has 2 aromatic carbocycles. The van der Waals surface area contributed by atoms with E-state index in [9.17, 15) is 9.59 Å². The third kappa shape index (κ3) is 5.19. The standard InChI is InChI=1S/C16H13Cl2N3O2S/c1-9(22)19-16(24)21-12-4-2-3-11(8-12)20-15(23)13-6-5-10(17)7-14(13)18/h2-8H,1H3,(H,20,23)(H2,19,21,22,24). The van der Waals surface area contributed by atoms with Gasteiger partial charge in [0.05, 0.1) is 10.6 Å². The van der Waals surface area contributed by atoms with Crippen LogP contribution in [0.3, 0.4) is 0 Å². The Morgan fingerprint density at radius 3 is 2.29 bits per heavy atom. The number of hydrogen-bond acceptors (Lipinski definition) is 3. The van der Waals surface area contributed by atoms with Crippen LogP contribution in [0.1, 0.15) is 17.3 Å². The lowest BCUT2D eigenvalue weighted by atomic mass is 10.2. The summed E-state index contributed by atoms with van der Waals surface area (Å²) in [7, 11) is 0. The number of nitrogens with one attached hydrogen (secondary N) is 3. The summed E-state index contributed by atoms with van der Waals surface area (Å²) in [6, 6.07) is 11.5. The molecule has 0 aliphatic rings. The Morgan fingerprint density at radius 1 is 1.00 bits per heavy atom. The van der Waals surface area contributed by atoms with Gasteiger partial charge in [-0.1, -0.05) is 29.3 Å². The predicted molar refractivity (Wildman–Crippen MR) is 101 cm³/mol. The number of anilines is 2. The molecule has 124 valence electrons. The van der Waals surface area contributed by atoms with E-state index in [-0.39, 0.29) is 21.9 Å². The van der Waals surface area contributed by atoms with Gasteiger partial charge in [-0.3, -0.25) is 9.59 Å². The zero-order valence-electron chi connectivity index (χ0n) is 12.5. The van der Waals surface area contributed by atoms with E-state index in [0.717, 1.165) is 0 Å². The van der Waals surface area contributed by atoms with Crippen LogP contribution in [-0.2, 0) is 4.79 Å². The lowest BCUT2D eigenvalue weighted by Crippen LogP contribution is -2.32. The molecule has 0 bridgehead atoms. The van der Waals surface area contributed by atoms with Crippen LogP contribution >= 0.6 is 35.4 Å². The van der Waals surface area contributed by atoms with Crippen molar-refractivity contribution in [3.05, 3.63) is 58.1 Å². The summed E-state index contributed by atoms with van der Waals surface area (Å²) in [6.45, 7) is 1.36. The van der Waals surface area contributed by atoms with Crippen molar-refractivity contribution >= 4 is 63.7 Å². The van der Waals surface area contributed by atoms with Crippen molar-refractivity contribution in [3.8, 4) is 0 Å². The van der Waals surface area contributed by atoms with Gasteiger partial charge in [-0.2, -0.15) is 0 Å². The normalized spacial score (nSPS) is 9.96. The van der Waals surface area contributed by atoms with Crippen LogP contribution < -0.4 is 16.0 Å². The molecule has 8 heteroatoms. The topological polar surface area (TPSA) is 70.2 Å². The molecule has 2 amide bonds. The number of carbonyl (C=O) groups excluding carboxylic acids is 2. The number of benzene rings is 2. The zero-order valence-corrected chi connectivity index (χ0v) is 14.9. The molecule has 0 aliphatic heterocycles. The molecule has 0 unspecified atom stereocenters. The molecule has 5 nitrogen and oxygen atoms in total. The molecule has 2 rings (SSSR count). The van der Waals surface area contributed by atoms with Gasteiger partial charge in [0.1, 0.15) is 0 Å². The van der Waals surface area contributed by atoms with Crippen molar-refractivity contribution < 1.29 is 9.59 Å². The average Bonchev–Trinajstić information content (AvgIpc) is 2.46. The largest absolute Gasteiger partial charge is 0.332 e. The smallest absolute Gasteiger partial charge is 0.257 e. The van der Waals surface area contributed by atoms with Gasteiger partial charge in [-0.05, 0) is 48.6 Å². The quantitative estimate of drug-likeness (QED) is 0.700. The molecule has 0 spiro atoms. The molecule has 0 radical (unpaired) electrons. The first-order chi connectivity index (χ1) is 11.3. The summed E-state index contributed by atoms with van der Waals surface area (Å²) in [5, 5.41) is 8.93. The van der Waals surface area contributed by atoms with E-state index in [1.807, 2.05) is 0 Å². The first-order valence-corrected chi connectivity index (χ1v) is 7.96. The number of carbonyl (C=O) groups is 2. The van der Waals surface area contributed by atoms with E-state index < -0.39 is 0 Å². The molecule has 0 aliphatic carbocycles. The van der Waals surface area contributed by atoms with Crippen LogP contribution in [0.25, 0.3) is 0 Å². The number of hydrogen-bond donors (Lipinski definition) is 3. The maximum absolute atomic E-state index is 12.3. The zero-order chi connectivity index (χ0) is 17.7. The van der Waals surface area contributed by atoms with Gasteiger partial charge in [0, 0.05) is 23.3 Å². The number of thiocarbonyl (C=S) groups is 1. The Hall–Kier alpha value is -2.15. The fourth-order valence-electron chi connectivity index (χ4n) is 1.87. The van der Waals surface area contributed by atoms with Crippen LogP contribution in [0.5, 0.6) is 0 Å². The maximum Gasteiger partial charge on any atom is 0.257 e. The summed E-state index contributed by atoms with van der Waals surface area (Å²) in [5.74, 6) is -0.632. The maximum atomic E-state index is 12.3. The highest BCUT2D eigenvalue weighted by Crippen LogP contribution is 2.23. The number of halogens is 2. The van der Waals surface area contributed by atoms with E-state index in [0.29, 0.717) is 22.0 Å². The fraction of sp³-hybridized carbons (Fsp3) is 0.0625. The van der Waals surface area contributed by atoms with Crippen LogP contribution in [0, 0.1) is 0 Å². The second kappa shape index (κ2) is 8.10. The van der Waals surface area contributed by atoms with Gasteiger partial charge in [-0.25, -0.2) is 0 Å². The molecule has 0 saturated heterocycles. The predicted octanol–water partition coefficient (Wildman–Crippen LogP) is 4.08. The summed E-state index contributed by atoms with van der Waals surface area (Å²) in [4.78, 5) is 23.2. The van der Waals surface area contributed by atoms with Gasteiger partial charge in [0.25, 0.3) is 5.91 Å². The van der Waals surface area contributed by atoms with E-state index in [1.54, 1.807) is 36.4 Å². The Morgan fingerprint density at radius 2 is 1.67 bits per heavy atom. The third-order valence-corrected chi connectivity index (χ3v) is 3.60. The highest BCUT2D eigenvalue weighted by Gasteiger charge is 2.11. The summed E-state index contributed by atoms with van der Waals surface area (Å²) >= 11 is 16.8. The third-order valence-electron chi connectivity index (χ3n) is 2.84. The monoisotopic (exact) mass is 381 g/mol. The molecule has 0 saturated carbocycles. The Bertz CT molecular complexity index is 812. The summed E-state index contributed by atoms with van der Waals surface area (Å²) in [5.41, 5.74) is 1.48. The average molecular weight is 382 g/mol. The van der Waals surface area contributed by atoms with Gasteiger partial charge in [0.15, 0.2) is 5.11 Å². The van der Waals surface area contributed by atoms with E-state index in [1.165, 1.54) is 13.0 Å². The fourth-order valence-corrected chi connectivity index (χ4v) is 2.62. The minimum absolute atomic E-state index is 0.173. The lowest BCUT2D eigenvalue weighted by Gasteiger charge is -2.11. The minimum atomic E-state index is -0.363. The van der Waals surface area contributed by atoms with Gasteiger partial charge >= 0.3 is 0 Å². The lowest BCUT2D eigenvalue weighted by molar-refractivity contribution is -0.117. The van der Waals surface area contributed by atoms with Crippen molar-refractivity contribution in [2.24, 2.45) is 0 Å². The Kier molecular flexibility index (Phi) is 6.14. The van der Waals surface area contributed by atoms with Crippen molar-refractivity contribution in [2.45, 2.75) is 6.92 Å².